The molecule has 0 unspecified atom stereocenters. The molecule has 0 aliphatic rings. The Bertz CT molecular complexity index is 280. The van der Waals surface area contributed by atoms with Crippen LogP contribution >= 0.6 is 23.4 Å². The molecule has 0 amide bonds. The van der Waals surface area contributed by atoms with Crippen molar-refractivity contribution in [2.75, 3.05) is 18.3 Å². The second-order valence-electron chi connectivity index (χ2n) is 2.44. The number of ether oxygens (including phenoxy) is 1. The van der Waals surface area contributed by atoms with Gasteiger partial charge in [0.15, 0.2) is 0 Å². The summed E-state index contributed by atoms with van der Waals surface area (Å²) in [5.41, 5.74) is 6.34. The Morgan fingerprint density at radius 1 is 1.54 bits per heavy atom. The molecule has 1 aromatic carbocycles. The number of thioether (sulfide) groups is 1. The minimum Gasteiger partial charge on any atom is -0.399 e. The lowest BCUT2D eigenvalue weighted by molar-refractivity contribution is 0.199. The highest BCUT2D eigenvalue weighted by Crippen LogP contribution is 2.28. The number of benzene rings is 1. The van der Waals surface area contributed by atoms with Crippen LogP contribution in [0.4, 0.5) is 5.69 Å². The van der Waals surface area contributed by atoms with Crippen molar-refractivity contribution in [3.8, 4) is 0 Å². The molecule has 0 bridgehead atoms. The maximum absolute atomic E-state index is 5.94. The Labute approximate surface area is 87.4 Å². The molecule has 2 N–H and O–H groups in total. The number of rotatable bonds is 4. The third kappa shape index (κ3) is 3.46. The Morgan fingerprint density at radius 3 is 3.00 bits per heavy atom. The van der Waals surface area contributed by atoms with Gasteiger partial charge in [0.05, 0.1) is 11.0 Å². The summed E-state index contributed by atoms with van der Waals surface area (Å²) >= 11 is 7.49. The molecule has 0 saturated heterocycles. The van der Waals surface area contributed by atoms with Gasteiger partial charge in [0.25, 0.3) is 0 Å². The fourth-order valence-electron chi connectivity index (χ4n) is 0.819. The van der Waals surface area contributed by atoms with E-state index in [2.05, 4.69) is 0 Å². The highest BCUT2D eigenvalue weighted by molar-refractivity contribution is 7.99. The zero-order chi connectivity index (χ0) is 9.68. The van der Waals surface area contributed by atoms with E-state index in [-0.39, 0.29) is 0 Å². The molecule has 0 saturated carbocycles. The van der Waals surface area contributed by atoms with Gasteiger partial charge < -0.3 is 10.5 Å². The van der Waals surface area contributed by atoms with Crippen LogP contribution in [0.2, 0.25) is 5.02 Å². The molecule has 0 aromatic heterocycles. The molecule has 1 aromatic rings. The number of nitrogen functional groups attached to an aromatic ring is 1. The van der Waals surface area contributed by atoms with Crippen LogP contribution in [0, 0.1) is 0 Å². The molecule has 4 heteroatoms. The van der Waals surface area contributed by atoms with Crippen LogP contribution in [-0.4, -0.2) is 12.5 Å². The normalized spacial score (nSPS) is 10.3. The van der Waals surface area contributed by atoms with Gasteiger partial charge in [0, 0.05) is 17.2 Å². The van der Waals surface area contributed by atoms with Crippen molar-refractivity contribution in [1.29, 1.82) is 0 Å². The summed E-state index contributed by atoms with van der Waals surface area (Å²) in [6.45, 7) is 2.68. The van der Waals surface area contributed by atoms with Gasteiger partial charge in [-0.1, -0.05) is 23.4 Å². The van der Waals surface area contributed by atoms with Gasteiger partial charge in [-0.3, -0.25) is 0 Å². The van der Waals surface area contributed by atoms with Crippen LogP contribution < -0.4 is 5.73 Å². The largest absolute Gasteiger partial charge is 0.399 e. The standard InChI is InChI=1S/C9H12ClNOS/c1-2-12-6-13-9-5-7(11)3-4-8(9)10/h3-5H,2,6,11H2,1H3. The van der Waals surface area contributed by atoms with Crippen LogP contribution in [-0.2, 0) is 4.74 Å². The summed E-state index contributed by atoms with van der Waals surface area (Å²) in [4.78, 5) is 0.968. The summed E-state index contributed by atoms with van der Waals surface area (Å²) in [6, 6.07) is 5.43. The van der Waals surface area contributed by atoms with Crippen LogP contribution in [0.15, 0.2) is 23.1 Å². The third-order valence-corrected chi connectivity index (χ3v) is 2.83. The Balaban J connectivity index is 2.59. The number of hydrogen-bond donors (Lipinski definition) is 1. The Morgan fingerprint density at radius 2 is 2.31 bits per heavy atom. The fraction of sp³-hybridized carbons (Fsp3) is 0.333. The van der Waals surface area contributed by atoms with E-state index in [1.54, 1.807) is 23.9 Å². The van der Waals surface area contributed by atoms with Gasteiger partial charge in [-0.05, 0) is 25.1 Å². The van der Waals surface area contributed by atoms with Crippen molar-refractivity contribution in [2.45, 2.75) is 11.8 Å². The van der Waals surface area contributed by atoms with E-state index in [9.17, 15) is 0 Å². The predicted molar refractivity (Wildman–Crippen MR) is 58.2 cm³/mol. The van der Waals surface area contributed by atoms with Gasteiger partial charge in [0.2, 0.25) is 0 Å². The monoisotopic (exact) mass is 217 g/mol. The first kappa shape index (κ1) is 10.7. The Hall–Kier alpha value is -0.380. The first-order chi connectivity index (χ1) is 6.24. The highest BCUT2D eigenvalue weighted by Gasteiger charge is 2.00. The maximum atomic E-state index is 5.94. The zero-order valence-electron chi connectivity index (χ0n) is 7.42. The van der Waals surface area contributed by atoms with E-state index in [0.29, 0.717) is 12.5 Å². The fourth-order valence-corrected chi connectivity index (χ4v) is 1.90. The predicted octanol–water partition coefficient (Wildman–Crippen LogP) is 3.01. The van der Waals surface area contributed by atoms with Crippen LogP contribution in [0.1, 0.15) is 6.92 Å². The molecule has 0 atom stereocenters. The number of anilines is 1. The van der Waals surface area contributed by atoms with Gasteiger partial charge in [-0.25, -0.2) is 0 Å². The molecule has 72 valence electrons. The number of halogens is 1. The zero-order valence-corrected chi connectivity index (χ0v) is 8.99. The molecule has 0 aliphatic carbocycles. The Kier molecular flexibility index (Phi) is 4.42. The van der Waals surface area contributed by atoms with Crippen molar-refractivity contribution in [2.24, 2.45) is 0 Å². The molecule has 0 aliphatic heterocycles. The average molecular weight is 218 g/mol. The summed E-state index contributed by atoms with van der Waals surface area (Å²) < 4.78 is 5.20. The summed E-state index contributed by atoms with van der Waals surface area (Å²) in [5, 5.41) is 0.721. The molecule has 0 radical (unpaired) electrons. The lowest BCUT2D eigenvalue weighted by Gasteiger charge is -2.04. The number of nitrogens with two attached hydrogens (primary N) is 1. The number of hydrogen-bond acceptors (Lipinski definition) is 3. The van der Waals surface area contributed by atoms with Crippen LogP contribution in [0.3, 0.4) is 0 Å². The van der Waals surface area contributed by atoms with Gasteiger partial charge in [-0.2, -0.15) is 0 Å². The van der Waals surface area contributed by atoms with Gasteiger partial charge >= 0.3 is 0 Å². The molecular formula is C9H12ClNOS. The molecule has 0 heterocycles. The summed E-state index contributed by atoms with van der Waals surface area (Å²) in [5.74, 6) is 0.611. The second kappa shape index (κ2) is 5.37. The molecule has 13 heavy (non-hydrogen) atoms. The lowest BCUT2D eigenvalue weighted by atomic mass is 10.3. The third-order valence-electron chi connectivity index (χ3n) is 1.46. The SMILES string of the molecule is CCOCSc1cc(N)ccc1Cl. The minimum atomic E-state index is 0.611. The van der Waals surface area contributed by atoms with E-state index >= 15 is 0 Å². The molecule has 2 nitrogen and oxygen atoms in total. The highest BCUT2D eigenvalue weighted by atomic mass is 35.5. The lowest BCUT2D eigenvalue weighted by Crippen LogP contribution is -1.90. The van der Waals surface area contributed by atoms with Crippen molar-refractivity contribution < 1.29 is 4.74 Å². The topological polar surface area (TPSA) is 35.2 Å². The quantitative estimate of drug-likeness (QED) is 0.365. The van der Waals surface area contributed by atoms with Gasteiger partial charge in [-0.15, -0.1) is 0 Å². The van der Waals surface area contributed by atoms with Crippen LogP contribution in [0.25, 0.3) is 0 Å². The first-order valence-electron chi connectivity index (χ1n) is 3.99. The second-order valence-corrected chi connectivity index (χ2v) is 3.82. The van der Waals surface area contributed by atoms with Crippen LogP contribution in [0.5, 0.6) is 0 Å². The molecule has 1 rings (SSSR count). The van der Waals surface area contributed by atoms with E-state index in [1.807, 2.05) is 13.0 Å². The molecule has 0 spiro atoms. The smallest absolute Gasteiger partial charge is 0.0967 e. The minimum absolute atomic E-state index is 0.611. The van der Waals surface area contributed by atoms with E-state index in [1.165, 1.54) is 0 Å². The maximum Gasteiger partial charge on any atom is 0.0967 e. The van der Waals surface area contributed by atoms with E-state index < -0.39 is 0 Å². The first-order valence-corrected chi connectivity index (χ1v) is 5.36. The van der Waals surface area contributed by atoms with Crippen molar-refractivity contribution in [3.63, 3.8) is 0 Å². The summed E-state index contributed by atoms with van der Waals surface area (Å²) in [7, 11) is 0. The molecule has 0 fully saturated rings. The van der Waals surface area contributed by atoms with Crippen molar-refractivity contribution >= 4 is 29.1 Å². The average Bonchev–Trinajstić information content (AvgIpc) is 2.11. The molecular weight excluding hydrogens is 206 g/mol. The van der Waals surface area contributed by atoms with Crippen molar-refractivity contribution in [1.82, 2.24) is 0 Å². The van der Waals surface area contributed by atoms with E-state index in [0.717, 1.165) is 15.6 Å². The van der Waals surface area contributed by atoms with E-state index in [4.69, 9.17) is 22.1 Å². The van der Waals surface area contributed by atoms with Gasteiger partial charge in [0.1, 0.15) is 0 Å². The summed E-state index contributed by atoms with van der Waals surface area (Å²) in [6.07, 6.45) is 0. The van der Waals surface area contributed by atoms with Crippen molar-refractivity contribution in [3.05, 3.63) is 23.2 Å².